The molecule has 0 spiro atoms. The number of rotatable bonds is 9. The van der Waals surface area contributed by atoms with Crippen molar-refractivity contribution in [3.05, 3.63) is 0 Å². The van der Waals surface area contributed by atoms with Gasteiger partial charge in [0.2, 0.25) is 15.9 Å². The second-order valence-electron chi connectivity index (χ2n) is 3.93. The lowest BCUT2D eigenvalue weighted by Crippen LogP contribution is -2.45. The van der Waals surface area contributed by atoms with Crippen LogP contribution in [0, 0.1) is 0 Å². The van der Waals surface area contributed by atoms with Crippen LogP contribution in [0.2, 0.25) is 0 Å². The lowest BCUT2D eigenvalue weighted by molar-refractivity contribution is -0.130. The minimum Gasteiger partial charge on any atom is -0.381 e. The number of nitrogens with one attached hydrogen (secondary N) is 1. The molecule has 108 valence electrons. The van der Waals surface area contributed by atoms with Gasteiger partial charge in [0.1, 0.15) is 0 Å². The number of ether oxygens (including phenoxy) is 1. The maximum Gasteiger partial charge on any atom is 0.237 e. The third-order valence-corrected chi connectivity index (χ3v) is 3.83. The first kappa shape index (κ1) is 17.3. The Morgan fingerprint density at radius 1 is 1.50 bits per heavy atom. The van der Waals surface area contributed by atoms with E-state index in [1.165, 1.54) is 4.90 Å². The highest BCUT2D eigenvalue weighted by atomic mass is 32.2. The van der Waals surface area contributed by atoms with Gasteiger partial charge in [-0.05, 0) is 13.8 Å². The van der Waals surface area contributed by atoms with Gasteiger partial charge in [0.05, 0.1) is 18.9 Å². The minimum atomic E-state index is -3.47. The summed E-state index contributed by atoms with van der Waals surface area (Å²) in [6, 6.07) is -0.120. The molecule has 8 heteroatoms. The van der Waals surface area contributed by atoms with E-state index in [4.69, 9.17) is 10.5 Å². The number of carbonyl (C=O) groups excluding carboxylic acids is 1. The van der Waals surface area contributed by atoms with Crippen LogP contribution in [0.3, 0.4) is 0 Å². The monoisotopic (exact) mass is 281 g/mol. The zero-order valence-electron chi connectivity index (χ0n) is 11.2. The molecule has 1 amide bonds. The molecule has 0 heterocycles. The molecule has 0 saturated carbocycles. The number of hydrogen-bond acceptors (Lipinski definition) is 5. The lowest BCUT2D eigenvalue weighted by atomic mass is 10.3. The number of nitrogens with two attached hydrogens (primary N) is 1. The summed E-state index contributed by atoms with van der Waals surface area (Å²) in [5, 5.41) is 0. The normalized spacial score (nSPS) is 13.3. The highest BCUT2D eigenvalue weighted by Gasteiger charge is 2.17. The molecule has 0 aliphatic carbocycles. The van der Waals surface area contributed by atoms with Crippen LogP contribution in [0.4, 0.5) is 0 Å². The van der Waals surface area contributed by atoms with Gasteiger partial charge in [-0.1, -0.05) is 0 Å². The highest BCUT2D eigenvalue weighted by molar-refractivity contribution is 7.89. The predicted octanol–water partition coefficient (Wildman–Crippen LogP) is -1.25. The van der Waals surface area contributed by atoms with Gasteiger partial charge in [-0.25, -0.2) is 13.1 Å². The first-order valence-corrected chi connectivity index (χ1v) is 7.50. The third-order valence-electron chi connectivity index (χ3n) is 2.54. The fraction of sp³-hybridized carbons (Fsp3) is 0.900. The number of hydrogen-bond donors (Lipinski definition) is 2. The Kier molecular flexibility index (Phi) is 8.08. The second kappa shape index (κ2) is 8.41. The average Bonchev–Trinajstić information content (AvgIpc) is 2.34. The van der Waals surface area contributed by atoms with E-state index >= 15 is 0 Å². The lowest BCUT2D eigenvalue weighted by Gasteiger charge is -2.23. The molecule has 18 heavy (non-hydrogen) atoms. The molecule has 0 aliphatic rings. The van der Waals surface area contributed by atoms with Gasteiger partial charge in [-0.2, -0.15) is 0 Å². The standard InChI is InChI=1S/C10H23N3O4S/c1-4-17-5-6-18(15,16)12-8-10(14)13(3)9(2)7-11/h9,12H,4-8,11H2,1-3H3. The van der Waals surface area contributed by atoms with Crippen molar-refractivity contribution in [2.75, 3.05) is 39.1 Å². The summed E-state index contributed by atoms with van der Waals surface area (Å²) in [7, 11) is -1.88. The van der Waals surface area contributed by atoms with Crippen LogP contribution in [0.5, 0.6) is 0 Å². The molecule has 7 nitrogen and oxygen atoms in total. The maximum absolute atomic E-state index is 11.6. The van der Waals surface area contributed by atoms with Crippen molar-refractivity contribution in [3.63, 3.8) is 0 Å². The zero-order valence-corrected chi connectivity index (χ0v) is 12.0. The number of carbonyl (C=O) groups is 1. The van der Waals surface area contributed by atoms with Gasteiger partial charge in [0, 0.05) is 26.2 Å². The number of amides is 1. The number of likely N-dealkylation sites (N-methyl/N-ethyl adjacent to an activating group) is 1. The summed E-state index contributed by atoms with van der Waals surface area (Å²) in [5.74, 6) is -0.461. The molecule has 1 atom stereocenters. The molecule has 0 rings (SSSR count). The van der Waals surface area contributed by atoms with Gasteiger partial charge >= 0.3 is 0 Å². The Morgan fingerprint density at radius 3 is 2.61 bits per heavy atom. The topological polar surface area (TPSA) is 102 Å². The quantitative estimate of drug-likeness (QED) is 0.514. The fourth-order valence-electron chi connectivity index (χ4n) is 1.09. The summed E-state index contributed by atoms with van der Waals surface area (Å²) in [6.45, 7) is 4.24. The molecule has 0 aliphatic heterocycles. The van der Waals surface area contributed by atoms with Crippen LogP contribution in [-0.2, 0) is 19.6 Å². The molecule has 0 aromatic heterocycles. The average molecular weight is 281 g/mol. The van der Waals surface area contributed by atoms with Crippen LogP contribution < -0.4 is 10.5 Å². The van der Waals surface area contributed by atoms with Crippen molar-refractivity contribution < 1.29 is 17.9 Å². The molecule has 0 saturated heterocycles. The number of nitrogens with zero attached hydrogens (tertiary/aromatic N) is 1. The smallest absolute Gasteiger partial charge is 0.237 e. The molecule has 0 bridgehead atoms. The van der Waals surface area contributed by atoms with Crippen LogP contribution in [0.15, 0.2) is 0 Å². The molecule has 0 radical (unpaired) electrons. The first-order chi connectivity index (χ1) is 8.34. The molecule has 0 aromatic rings. The van der Waals surface area contributed by atoms with Crippen LogP contribution in [0.25, 0.3) is 0 Å². The highest BCUT2D eigenvalue weighted by Crippen LogP contribution is 1.94. The van der Waals surface area contributed by atoms with Crippen molar-refractivity contribution in [2.24, 2.45) is 5.73 Å². The Balaban J connectivity index is 4.11. The van der Waals surface area contributed by atoms with E-state index in [0.717, 1.165) is 0 Å². The molecule has 3 N–H and O–H groups in total. The minimum absolute atomic E-state index is 0.120. The fourth-order valence-corrected chi connectivity index (χ4v) is 1.91. The van der Waals surface area contributed by atoms with E-state index in [0.29, 0.717) is 13.2 Å². The van der Waals surface area contributed by atoms with E-state index in [2.05, 4.69) is 4.72 Å². The Morgan fingerprint density at radius 2 is 2.11 bits per heavy atom. The van der Waals surface area contributed by atoms with Crippen molar-refractivity contribution in [3.8, 4) is 0 Å². The Labute approximate surface area is 109 Å². The SMILES string of the molecule is CCOCCS(=O)(=O)NCC(=O)N(C)C(C)CN. The summed E-state index contributed by atoms with van der Waals surface area (Å²) >= 11 is 0. The molecular formula is C10H23N3O4S. The summed E-state index contributed by atoms with van der Waals surface area (Å²) in [5.41, 5.74) is 5.42. The van der Waals surface area contributed by atoms with Crippen molar-refractivity contribution >= 4 is 15.9 Å². The van der Waals surface area contributed by atoms with Gasteiger partial charge in [0.25, 0.3) is 0 Å². The van der Waals surface area contributed by atoms with Crippen molar-refractivity contribution in [1.82, 2.24) is 9.62 Å². The third kappa shape index (κ3) is 6.90. The van der Waals surface area contributed by atoms with Gasteiger partial charge < -0.3 is 15.4 Å². The van der Waals surface area contributed by atoms with Gasteiger partial charge in [-0.15, -0.1) is 0 Å². The molecule has 0 fully saturated rings. The van der Waals surface area contributed by atoms with E-state index in [9.17, 15) is 13.2 Å². The Bertz CT molecular complexity index is 345. The summed E-state index contributed by atoms with van der Waals surface area (Å²) in [6.07, 6.45) is 0. The second-order valence-corrected chi connectivity index (χ2v) is 5.85. The first-order valence-electron chi connectivity index (χ1n) is 5.84. The van der Waals surface area contributed by atoms with E-state index in [-0.39, 0.29) is 30.9 Å². The summed E-state index contributed by atoms with van der Waals surface area (Å²) < 4.78 is 30.2. The van der Waals surface area contributed by atoms with Gasteiger partial charge in [0.15, 0.2) is 0 Å². The van der Waals surface area contributed by atoms with Crippen molar-refractivity contribution in [1.29, 1.82) is 0 Å². The van der Waals surface area contributed by atoms with E-state index in [1.54, 1.807) is 20.9 Å². The van der Waals surface area contributed by atoms with E-state index < -0.39 is 10.0 Å². The zero-order chi connectivity index (χ0) is 14.2. The van der Waals surface area contributed by atoms with Crippen LogP contribution in [-0.4, -0.2) is 64.4 Å². The number of sulfonamides is 1. The maximum atomic E-state index is 11.6. The van der Waals surface area contributed by atoms with Gasteiger partial charge in [-0.3, -0.25) is 4.79 Å². The summed E-state index contributed by atoms with van der Waals surface area (Å²) in [4.78, 5) is 13.1. The Hall–Kier alpha value is -0.700. The van der Waals surface area contributed by atoms with Crippen LogP contribution >= 0.6 is 0 Å². The molecule has 0 aromatic carbocycles. The van der Waals surface area contributed by atoms with E-state index in [1.807, 2.05) is 0 Å². The predicted molar refractivity (Wildman–Crippen MR) is 69.6 cm³/mol. The van der Waals surface area contributed by atoms with Crippen molar-refractivity contribution in [2.45, 2.75) is 19.9 Å². The molecule has 1 unspecified atom stereocenters. The van der Waals surface area contributed by atoms with Crippen LogP contribution in [0.1, 0.15) is 13.8 Å². The largest absolute Gasteiger partial charge is 0.381 e. The molecular weight excluding hydrogens is 258 g/mol.